The number of anilines is 1. The number of nitrogens with one attached hydrogen (secondary N) is 2. The van der Waals surface area contributed by atoms with Crippen molar-refractivity contribution in [3.8, 4) is 0 Å². The molecule has 19 heavy (non-hydrogen) atoms. The number of carboxylic acids is 1. The summed E-state index contributed by atoms with van der Waals surface area (Å²) in [5, 5.41) is 14.8. The van der Waals surface area contributed by atoms with Crippen LogP contribution in [0.15, 0.2) is 18.2 Å². The smallest absolute Gasteiger partial charge is 0.337 e. The number of hydrogen-bond donors (Lipinski definition) is 3. The summed E-state index contributed by atoms with van der Waals surface area (Å²) in [5.74, 6) is 0.509. The normalized spacial score (nSPS) is 18.9. The van der Waals surface area contributed by atoms with Gasteiger partial charge in [0, 0.05) is 23.7 Å². The Labute approximate surface area is 119 Å². The van der Waals surface area contributed by atoms with Crippen molar-refractivity contribution in [1.82, 2.24) is 5.32 Å². The molecule has 1 atom stereocenters. The van der Waals surface area contributed by atoms with Crippen LogP contribution in [0.3, 0.4) is 0 Å². The SMILES string of the molecule is O=C(O)c1ccc(NC(=O)C2CSCCN2)cc1Cl. The Hall–Kier alpha value is -1.24. The van der Waals surface area contributed by atoms with Gasteiger partial charge in [-0.05, 0) is 18.2 Å². The lowest BCUT2D eigenvalue weighted by molar-refractivity contribution is -0.117. The summed E-state index contributed by atoms with van der Waals surface area (Å²) in [7, 11) is 0. The zero-order valence-electron chi connectivity index (χ0n) is 9.98. The Morgan fingerprint density at radius 3 is 2.84 bits per heavy atom. The number of carboxylic acid groups (broad SMARTS) is 1. The molecule has 0 aromatic heterocycles. The highest BCUT2D eigenvalue weighted by atomic mass is 35.5. The number of benzene rings is 1. The van der Waals surface area contributed by atoms with Crippen LogP contribution in [0.5, 0.6) is 0 Å². The maximum Gasteiger partial charge on any atom is 0.337 e. The van der Waals surface area contributed by atoms with Gasteiger partial charge in [0.25, 0.3) is 0 Å². The fourth-order valence-corrected chi connectivity index (χ4v) is 2.92. The van der Waals surface area contributed by atoms with E-state index >= 15 is 0 Å². The molecule has 5 nitrogen and oxygen atoms in total. The Kier molecular flexibility index (Phi) is 4.68. The molecule has 1 aliphatic heterocycles. The van der Waals surface area contributed by atoms with Crippen molar-refractivity contribution >= 4 is 40.9 Å². The fourth-order valence-electron chi connectivity index (χ4n) is 1.73. The largest absolute Gasteiger partial charge is 0.478 e. The highest BCUT2D eigenvalue weighted by Gasteiger charge is 2.21. The van der Waals surface area contributed by atoms with E-state index in [0.29, 0.717) is 5.69 Å². The van der Waals surface area contributed by atoms with Gasteiger partial charge in [-0.15, -0.1) is 0 Å². The van der Waals surface area contributed by atoms with Gasteiger partial charge in [0.1, 0.15) is 0 Å². The van der Waals surface area contributed by atoms with Crippen LogP contribution in [-0.2, 0) is 4.79 Å². The monoisotopic (exact) mass is 300 g/mol. The van der Waals surface area contributed by atoms with E-state index in [2.05, 4.69) is 10.6 Å². The predicted octanol–water partition coefficient (Wildman–Crippen LogP) is 1.68. The van der Waals surface area contributed by atoms with Crippen molar-refractivity contribution in [2.45, 2.75) is 6.04 Å². The van der Waals surface area contributed by atoms with Crippen LogP contribution in [0.1, 0.15) is 10.4 Å². The lowest BCUT2D eigenvalue weighted by Crippen LogP contribution is -2.46. The van der Waals surface area contributed by atoms with Crippen molar-refractivity contribution in [2.75, 3.05) is 23.4 Å². The molecule has 3 N–H and O–H groups in total. The number of hydrogen-bond acceptors (Lipinski definition) is 4. The van der Waals surface area contributed by atoms with Crippen LogP contribution in [-0.4, -0.2) is 41.1 Å². The van der Waals surface area contributed by atoms with Crippen LogP contribution < -0.4 is 10.6 Å². The van der Waals surface area contributed by atoms with Gasteiger partial charge in [-0.25, -0.2) is 4.79 Å². The Morgan fingerprint density at radius 1 is 1.47 bits per heavy atom. The van der Waals surface area contributed by atoms with Gasteiger partial charge in [-0.3, -0.25) is 4.79 Å². The van der Waals surface area contributed by atoms with E-state index in [4.69, 9.17) is 16.7 Å². The first-order valence-corrected chi connectivity index (χ1v) is 7.26. The molecule has 102 valence electrons. The van der Waals surface area contributed by atoms with Gasteiger partial charge < -0.3 is 15.7 Å². The highest BCUT2D eigenvalue weighted by Crippen LogP contribution is 2.21. The van der Waals surface area contributed by atoms with Gasteiger partial charge in [-0.1, -0.05) is 11.6 Å². The molecule has 0 aliphatic carbocycles. The van der Waals surface area contributed by atoms with Crippen molar-refractivity contribution in [3.63, 3.8) is 0 Å². The summed E-state index contributed by atoms with van der Waals surface area (Å²) in [6.07, 6.45) is 0. The molecule has 1 aromatic carbocycles. The van der Waals surface area contributed by atoms with Crippen LogP contribution in [0.25, 0.3) is 0 Å². The zero-order valence-corrected chi connectivity index (χ0v) is 11.6. The summed E-state index contributed by atoms with van der Waals surface area (Å²) >= 11 is 7.57. The number of amides is 1. The molecular weight excluding hydrogens is 288 g/mol. The van der Waals surface area contributed by atoms with E-state index in [0.717, 1.165) is 18.1 Å². The van der Waals surface area contributed by atoms with Crippen molar-refractivity contribution in [3.05, 3.63) is 28.8 Å². The van der Waals surface area contributed by atoms with E-state index in [-0.39, 0.29) is 22.5 Å². The van der Waals surface area contributed by atoms with Gasteiger partial charge >= 0.3 is 5.97 Å². The molecule has 1 aromatic rings. The average Bonchev–Trinajstić information content (AvgIpc) is 2.39. The number of rotatable bonds is 3. The predicted molar refractivity (Wildman–Crippen MR) is 76.2 cm³/mol. The topological polar surface area (TPSA) is 78.4 Å². The zero-order chi connectivity index (χ0) is 13.8. The highest BCUT2D eigenvalue weighted by molar-refractivity contribution is 7.99. The Bertz CT molecular complexity index is 504. The second-order valence-electron chi connectivity index (χ2n) is 4.07. The number of thioether (sulfide) groups is 1. The number of carbonyl (C=O) groups is 2. The lowest BCUT2D eigenvalue weighted by atomic mass is 10.2. The first-order valence-electron chi connectivity index (χ1n) is 5.73. The third kappa shape index (κ3) is 3.62. The molecule has 0 bridgehead atoms. The quantitative estimate of drug-likeness (QED) is 0.791. The van der Waals surface area contributed by atoms with Crippen LogP contribution >= 0.6 is 23.4 Å². The molecular formula is C12H13ClN2O3S. The van der Waals surface area contributed by atoms with Gasteiger partial charge in [0.05, 0.1) is 16.6 Å². The minimum atomic E-state index is -1.09. The first kappa shape index (κ1) is 14.2. The molecule has 1 saturated heterocycles. The molecule has 2 rings (SSSR count). The fraction of sp³-hybridized carbons (Fsp3) is 0.333. The molecule has 1 amide bonds. The summed E-state index contributed by atoms with van der Waals surface area (Å²) in [6.45, 7) is 0.807. The molecule has 0 spiro atoms. The summed E-state index contributed by atoms with van der Waals surface area (Å²) in [4.78, 5) is 22.8. The second kappa shape index (κ2) is 6.27. The maximum absolute atomic E-state index is 12.0. The molecule has 1 fully saturated rings. The summed E-state index contributed by atoms with van der Waals surface area (Å²) < 4.78 is 0. The number of aromatic carboxylic acids is 1. The third-order valence-corrected chi connectivity index (χ3v) is 4.08. The Balaban J connectivity index is 2.04. The van der Waals surface area contributed by atoms with Gasteiger partial charge in [-0.2, -0.15) is 11.8 Å². The molecule has 1 heterocycles. The maximum atomic E-state index is 12.0. The third-order valence-electron chi connectivity index (χ3n) is 2.71. The molecule has 1 aliphatic rings. The minimum absolute atomic E-state index is 0.0195. The molecule has 0 saturated carbocycles. The van der Waals surface area contributed by atoms with E-state index in [9.17, 15) is 9.59 Å². The second-order valence-corrected chi connectivity index (χ2v) is 5.63. The summed E-state index contributed by atoms with van der Waals surface area (Å²) in [5.41, 5.74) is 0.517. The van der Waals surface area contributed by atoms with Gasteiger partial charge in [0.15, 0.2) is 0 Å². The van der Waals surface area contributed by atoms with Crippen LogP contribution in [0.4, 0.5) is 5.69 Å². The van der Waals surface area contributed by atoms with Crippen LogP contribution in [0, 0.1) is 0 Å². The van der Waals surface area contributed by atoms with Crippen molar-refractivity contribution in [1.29, 1.82) is 0 Å². The number of carbonyl (C=O) groups excluding carboxylic acids is 1. The van der Waals surface area contributed by atoms with E-state index in [1.807, 2.05) is 0 Å². The number of halogens is 1. The molecule has 0 radical (unpaired) electrons. The van der Waals surface area contributed by atoms with E-state index < -0.39 is 5.97 Å². The lowest BCUT2D eigenvalue weighted by Gasteiger charge is -2.22. The van der Waals surface area contributed by atoms with Crippen molar-refractivity contribution in [2.24, 2.45) is 0 Å². The minimum Gasteiger partial charge on any atom is -0.478 e. The van der Waals surface area contributed by atoms with E-state index in [1.54, 1.807) is 11.8 Å². The molecule has 7 heteroatoms. The van der Waals surface area contributed by atoms with Gasteiger partial charge in [0.2, 0.25) is 5.91 Å². The molecule has 1 unspecified atom stereocenters. The first-order chi connectivity index (χ1) is 9.08. The average molecular weight is 301 g/mol. The van der Waals surface area contributed by atoms with E-state index in [1.165, 1.54) is 18.2 Å². The summed E-state index contributed by atoms with van der Waals surface area (Å²) in [6, 6.07) is 4.13. The Morgan fingerprint density at radius 2 is 2.26 bits per heavy atom. The standard InChI is InChI=1S/C12H13ClN2O3S/c13-9-5-7(1-2-8(9)12(17)18)15-11(16)10-6-19-4-3-14-10/h1-2,5,10,14H,3-4,6H2,(H,15,16)(H,17,18). The van der Waals surface area contributed by atoms with Crippen molar-refractivity contribution < 1.29 is 14.7 Å². The van der Waals surface area contributed by atoms with Crippen LogP contribution in [0.2, 0.25) is 5.02 Å².